The number of carbonyl (C=O) groups is 2. The number of halogens is 2. The molecule has 1 aliphatic carbocycles. The summed E-state index contributed by atoms with van der Waals surface area (Å²) in [5.74, 6) is -0.749. The fraction of sp³-hybridized carbons (Fsp3) is 0.500. The average Bonchev–Trinajstić information content (AvgIpc) is 2.50. The molecule has 1 aromatic carbocycles. The smallest absolute Gasteiger partial charge is 0.304 e. The van der Waals surface area contributed by atoms with E-state index < -0.39 is 18.1 Å². The Labute approximate surface area is 145 Å². The Balaban J connectivity index is 2.16. The number of anilines is 1. The lowest BCUT2D eigenvalue weighted by Gasteiger charge is -2.30. The second kappa shape index (κ2) is 7.88. The van der Waals surface area contributed by atoms with Crippen molar-refractivity contribution in [2.75, 3.05) is 5.73 Å². The second-order valence-electron chi connectivity index (χ2n) is 5.76. The largest absolute Gasteiger partial charge is 0.442 e. The van der Waals surface area contributed by atoms with E-state index in [1.165, 1.54) is 19.1 Å². The van der Waals surface area contributed by atoms with Crippen molar-refractivity contribution in [1.29, 1.82) is 0 Å². The highest BCUT2D eigenvalue weighted by Gasteiger charge is 2.28. The molecule has 1 fully saturated rings. The molecule has 0 aliphatic heterocycles. The predicted molar refractivity (Wildman–Crippen MR) is 90.5 cm³/mol. The van der Waals surface area contributed by atoms with Crippen molar-refractivity contribution in [3.63, 3.8) is 0 Å². The van der Waals surface area contributed by atoms with Gasteiger partial charge in [-0.15, -0.1) is 0 Å². The van der Waals surface area contributed by atoms with Crippen LogP contribution in [0.3, 0.4) is 0 Å². The zero-order chi connectivity index (χ0) is 17.0. The van der Waals surface area contributed by atoms with Gasteiger partial charge in [-0.1, -0.05) is 42.5 Å². The Hall–Kier alpha value is -1.46. The molecule has 0 bridgehead atoms. The van der Waals surface area contributed by atoms with E-state index in [1.54, 1.807) is 0 Å². The predicted octanol–water partition coefficient (Wildman–Crippen LogP) is 3.77. The van der Waals surface area contributed by atoms with Crippen molar-refractivity contribution in [3.05, 3.63) is 27.7 Å². The molecule has 5 nitrogen and oxygen atoms in total. The van der Waals surface area contributed by atoms with Crippen molar-refractivity contribution in [2.24, 2.45) is 5.92 Å². The van der Waals surface area contributed by atoms with E-state index >= 15 is 0 Å². The minimum atomic E-state index is -0.658. The maximum absolute atomic E-state index is 12.5. The Bertz CT molecular complexity index is 601. The third-order valence-corrected chi connectivity index (χ3v) is 4.70. The Morgan fingerprint density at radius 2 is 1.83 bits per heavy atom. The number of nitrogens with one attached hydrogen (secondary N) is 1. The number of carbonyl (C=O) groups excluding carboxylic acids is 2. The fourth-order valence-corrected chi connectivity index (χ4v) is 3.16. The van der Waals surface area contributed by atoms with Crippen LogP contribution in [-0.2, 0) is 9.53 Å². The molecule has 1 atom stereocenters. The highest BCUT2D eigenvalue weighted by molar-refractivity contribution is 6.42. The Morgan fingerprint density at radius 1 is 1.22 bits per heavy atom. The number of hydrogen-bond acceptors (Lipinski definition) is 4. The Morgan fingerprint density at radius 3 is 2.43 bits per heavy atom. The summed E-state index contributed by atoms with van der Waals surface area (Å²) >= 11 is 11.8. The fourth-order valence-electron chi connectivity index (χ4n) is 2.83. The third-order valence-electron chi connectivity index (χ3n) is 3.98. The number of benzene rings is 1. The molecule has 0 heterocycles. The molecule has 126 valence electrons. The lowest BCUT2D eigenvalue weighted by molar-refractivity contribution is -0.151. The molecule has 0 spiro atoms. The third kappa shape index (κ3) is 4.75. The number of esters is 1. The van der Waals surface area contributed by atoms with E-state index in [2.05, 4.69) is 5.32 Å². The van der Waals surface area contributed by atoms with Gasteiger partial charge < -0.3 is 15.8 Å². The molecule has 7 heteroatoms. The first-order valence-electron chi connectivity index (χ1n) is 7.61. The number of nitrogens with two attached hydrogens (primary N) is 1. The maximum atomic E-state index is 12.5. The summed E-state index contributed by atoms with van der Waals surface area (Å²) in [4.78, 5) is 23.8. The summed E-state index contributed by atoms with van der Waals surface area (Å²) in [6.45, 7) is 1.33. The van der Waals surface area contributed by atoms with Gasteiger partial charge in [-0.3, -0.25) is 9.59 Å². The van der Waals surface area contributed by atoms with Crippen LogP contribution in [0.1, 0.15) is 49.4 Å². The van der Waals surface area contributed by atoms with Crippen molar-refractivity contribution in [1.82, 2.24) is 5.32 Å². The first-order valence-corrected chi connectivity index (χ1v) is 8.36. The molecular formula is C16H20Cl2N2O3. The minimum absolute atomic E-state index is 0.112. The first kappa shape index (κ1) is 17.9. The molecule has 1 saturated carbocycles. The first-order chi connectivity index (χ1) is 10.9. The van der Waals surface area contributed by atoms with Crippen LogP contribution in [0, 0.1) is 5.92 Å². The van der Waals surface area contributed by atoms with E-state index in [9.17, 15) is 9.59 Å². The van der Waals surface area contributed by atoms with E-state index in [0.717, 1.165) is 32.1 Å². The van der Waals surface area contributed by atoms with Crippen LogP contribution in [0.2, 0.25) is 10.0 Å². The van der Waals surface area contributed by atoms with E-state index in [0.29, 0.717) is 0 Å². The normalized spacial score (nSPS) is 16.7. The van der Waals surface area contributed by atoms with Crippen LogP contribution in [0.5, 0.6) is 0 Å². The molecule has 1 unspecified atom stereocenters. The zero-order valence-corrected chi connectivity index (χ0v) is 14.4. The van der Waals surface area contributed by atoms with Gasteiger partial charge in [0.1, 0.15) is 0 Å². The van der Waals surface area contributed by atoms with E-state index in [-0.39, 0.29) is 27.2 Å². The van der Waals surface area contributed by atoms with Gasteiger partial charge in [0.25, 0.3) is 5.91 Å². The van der Waals surface area contributed by atoms with Gasteiger partial charge in [0.15, 0.2) is 6.23 Å². The van der Waals surface area contributed by atoms with Gasteiger partial charge in [0.05, 0.1) is 15.6 Å². The van der Waals surface area contributed by atoms with Gasteiger partial charge in [0, 0.05) is 18.5 Å². The SMILES string of the molecule is CC(=O)OC(NC(=O)c1cc(Cl)c(Cl)cc1N)C1CCCCC1. The quantitative estimate of drug-likeness (QED) is 0.487. The van der Waals surface area contributed by atoms with Crippen LogP contribution in [0.15, 0.2) is 12.1 Å². The lowest BCUT2D eigenvalue weighted by Crippen LogP contribution is -2.44. The second-order valence-corrected chi connectivity index (χ2v) is 6.57. The van der Waals surface area contributed by atoms with Gasteiger partial charge in [-0.2, -0.15) is 0 Å². The molecule has 1 aromatic rings. The van der Waals surface area contributed by atoms with E-state index in [1.807, 2.05) is 0 Å². The van der Waals surface area contributed by atoms with E-state index in [4.69, 9.17) is 33.7 Å². The van der Waals surface area contributed by atoms with Crippen molar-refractivity contribution in [2.45, 2.75) is 45.3 Å². The summed E-state index contributed by atoms with van der Waals surface area (Å²) < 4.78 is 5.31. The average molecular weight is 359 g/mol. The monoisotopic (exact) mass is 358 g/mol. The van der Waals surface area contributed by atoms with Crippen molar-refractivity contribution in [3.8, 4) is 0 Å². The van der Waals surface area contributed by atoms with Crippen LogP contribution < -0.4 is 11.1 Å². The number of amides is 1. The molecule has 2 rings (SSSR count). The summed E-state index contributed by atoms with van der Waals surface area (Å²) in [6.07, 6.45) is 4.45. The van der Waals surface area contributed by atoms with Crippen LogP contribution in [-0.4, -0.2) is 18.1 Å². The topological polar surface area (TPSA) is 81.4 Å². The molecule has 3 N–H and O–H groups in total. The Kier molecular flexibility index (Phi) is 6.13. The summed E-state index contributed by atoms with van der Waals surface area (Å²) in [7, 11) is 0. The summed E-state index contributed by atoms with van der Waals surface area (Å²) in [5.41, 5.74) is 6.27. The van der Waals surface area contributed by atoms with Crippen LogP contribution in [0.25, 0.3) is 0 Å². The minimum Gasteiger partial charge on any atom is -0.442 e. The number of rotatable bonds is 4. The highest BCUT2D eigenvalue weighted by atomic mass is 35.5. The number of ether oxygens (including phenoxy) is 1. The van der Waals surface area contributed by atoms with Gasteiger partial charge in [-0.25, -0.2) is 0 Å². The molecule has 0 saturated heterocycles. The molecule has 0 aromatic heterocycles. The van der Waals surface area contributed by atoms with Crippen LogP contribution >= 0.6 is 23.2 Å². The molecule has 1 aliphatic rings. The van der Waals surface area contributed by atoms with Gasteiger partial charge in [-0.05, 0) is 25.0 Å². The van der Waals surface area contributed by atoms with Gasteiger partial charge >= 0.3 is 5.97 Å². The van der Waals surface area contributed by atoms with Crippen LogP contribution in [0.4, 0.5) is 5.69 Å². The number of nitrogen functional groups attached to an aromatic ring is 1. The van der Waals surface area contributed by atoms with Gasteiger partial charge in [0.2, 0.25) is 0 Å². The van der Waals surface area contributed by atoms with Crippen molar-refractivity contribution >= 4 is 40.8 Å². The molecule has 23 heavy (non-hydrogen) atoms. The summed E-state index contributed by atoms with van der Waals surface area (Å²) in [6, 6.07) is 2.85. The standard InChI is InChI=1S/C16H20Cl2N2O3/c1-9(21)23-16(10-5-3-2-4-6-10)20-15(22)11-7-12(17)13(18)8-14(11)19/h7-8,10,16H,2-6,19H2,1H3,(H,20,22). The summed E-state index contributed by atoms with van der Waals surface area (Å²) in [5, 5.41) is 3.28. The highest BCUT2D eigenvalue weighted by Crippen LogP contribution is 2.29. The van der Waals surface area contributed by atoms with Crippen molar-refractivity contribution < 1.29 is 14.3 Å². The zero-order valence-electron chi connectivity index (χ0n) is 12.9. The number of hydrogen-bond donors (Lipinski definition) is 2. The molecular weight excluding hydrogens is 339 g/mol. The molecule has 1 amide bonds. The maximum Gasteiger partial charge on any atom is 0.304 e. The lowest BCUT2D eigenvalue weighted by atomic mass is 9.88. The molecule has 0 radical (unpaired) electrons.